The molecule has 0 aliphatic carbocycles. The summed E-state index contributed by atoms with van der Waals surface area (Å²) in [6.45, 7) is 3.50. The number of benzene rings is 2. The van der Waals surface area contributed by atoms with Gasteiger partial charge in [0.2, 0.25) is 5.91 Å². The Hall–Kier alpha value is -3.17. The minimum atomic E-state index is -0.159. The van der Waals surface area contributed by atoms with Crippen LogP contribution >= 0.6 is 23.4 Å². The molecule has 0 radical (unpaired) electrons. The summed E-state index contributed by atoms with van der Waals surface area (Å²) in [5.74, 6) is 2.32. The first kappa shape index (κ1) is 24.0. The van der Waals surface area contributed by atoms with Gasteiger partial charge in [-0.1, -0.05) is 23.4 Å². The summed E-state index contributed by atoms with van der Waals surface area (Å²) in [7, 11) is 3.22. The Morgan fingerprint density at radius 1 is 1.03 bits per heavy atom. The third-order valence-electron chi connectivity index (χ3n) is 5.43. The molecule has 1 aromatic heterocycles. The zero-order valence-corrected chi connectivity index (χ0v) is 20.6. The second-order valence-corrected chi connectivity index (χ2v) is 8.91. The fourth-order valence-corrected chi connectivity index (χ4v) is 4.52. The van der Waals surface area contributed by atoms with Crippen molar-refractivity contribution in [1.82, 2.24) is 9.97 Å². The summed E-state index contributed by atoms with van der Waals surface area (Å²) in [4.78, 5) is 25.9. The standard InChI is InChI=1S/C24H26ClN5O3S/c1-32-19-6-4-18(5-7-19)29-11-13-30(14-12-29)22-9-10-26-24(28-22)34-16-23(31)27-17-3-8-21(33-2)20(25)15-17/h3-10,15H,11-14,16H2,1-2H3,(H,27,31). The number of hydrogen-bond acceptors (Lipinski definition) is 8. The molecule has 0 atom stereocenters. The van der Waals surface area contributed by atoms with Crippen LogP contribution < -0.4 is 24.6 Å². The maximum Gasteiger partial charge on any atom is 0.234 e. The van der Waals surface area contributed by atoms with E-state index in [-0.39, 0.29) is 11.7 Å². The molecule has 8 nitrogen and oxygen atoms in total. The molecule has 1 N–H and O–H groups in total. The molecule has 2 heterocycles. The molecular formula is C24H26ClN5O3S. The number of ether oxygens (including phenoxy) is 2. The lowest BCUT2D eigenvalue weighted by molar-refractivity contribution is -0.113. The van der Waals surface area contributed by atoms with Gasteiger partial charge in [-0.25, -0.2) is 9.97 Å². The van der Waals surface area contributed by atoms with Gasteiger partial charge < -0.3 is 24.6 Å². The lowest BCUT2D eigenvalue weighted by Gasteiger charge is -2.36. The van der Waals surface area contributed by atoms with Gasteiger partial charge in [0.1, 0.15) is 17.3 Å². The maximum absolute atomic E-state index is 12.4. The Bertz CT molecular complexity index is 1120. The Kier molecular flexibility index (Phi) is 7.97. The van der Waals surface area contributed by atoms with Crippen LogP contribution in [0.1, 0.15) is 0 Å². The van der Waals surface area contributed by atoms with Gasteiger partial charge in [0.05, 0.1) is 25.0 Å². The van der Waals surface area contributed by atoms with Crippen molar-refractivity contribution < 1.29 is 14.3 Å². The minimum absolute atomic E-state index is 0.159. The van der Waals surface area contributed by atoms with Crippen molar-refractivity contribution in [2.45, 2.75) is 5.16 Å². The number of nitrogens with one attached hydrogen (secondary N) is 1. The fourth-order valence-electron chi connectivity index (χ4n) is 3.64. The lowest BCUT2D eigenvalue weighted by atomic mass is 10.2. The van der Waals surface area contributed by atoms with Gasteiger partial charge in [-0.05, 0) is 48.5 Å². The Morgan fingerprint density at radius 2 is 1.76 bits per heavy atom. The van der Waals surface area contributed by atoms with Crippen LogP contribution in [0.5, 0.6) is 11.5 Å². The molecule has 1 amide bonds. The second kappa shape index (κ2) is 11.3. The number of rotatable bonds is 8. The van der Waals surface area contributed by atoms with Crippen molar-refractivity contribution >= 4 is 46.5 Å². The molecule has 0 bridgehead atoms. The number of aromatic nitrogens is 2. The van der Waals surface area contributed by atoms with Crippen LogP contribution in [0.15, 0.2) is 59.9 Å². The first-order chi connectivity index (χ1) is 16.6. The number of carbonyl (C=O) groups is 1. The highest BCUT2D eigenvalue weighted by atomic mass is 35.5. The van der Waals surface area contributed by atoms with Gasteiger partial charge in [-0.2, -0.15) is 0 Å². The molecule has 10 heteroatoms. The Labute approximate surface area is 208 Å². The van der Waals surface area contributed by atoms with Crippen LogP contribution in [-0.4, -0.2) is 62.0 Å². The predicted molar refractivity (Wildman–Crippen MR) is 137 cm³/mol. The Balaban J connectivity index is 1.29. The van der Waals surface area contributed by atoms with E-state index in [9.17, 15) is 4.79 Å². The molecule has 4 rings (SSSR count). The summed E-state index contributed by atoms with van der Waals surface area (Å²) in [5, 5.41) is 3.84. The highest BCUT2D eigenvalue weighted by molar-refractivity contribution is 7.99. The molecule has 3 aromatic rings. The average Bonchev–Trinajstić information content (AvgIpc) is 2.88. The Morgan fingerprint density at radius 3 is 2.44 bits per heavy atom. The second-order valence-electron chi connectivity index (χ2n) is 7.56. The average molecular weight is 500 g/mol. The molecule has 1 fully saturated rings. The third kappa shape index (κ3) is 6.03. The van der Waals surface area contributed by atoms with Crippen molar-refractivity contribution in [2.24, 2.45) is 0 Å². The number of thioether (sulfide) groups is 1. The maximum atomic E-state index is 12.4. The summed E-state index contributed by atoms with van der Waals surface area (Å²) >= 11 is 7.42. The number of hydrogen-bond donors (Lipinski definition) is 1. The first-order valence-electron chi connectivity index (χ1n) is 10.8. The number of piperazine rings is 1. The number of methoxy groups -OCH3 is 2. The lowest BCUT2D eigenvalue weighted by Crippen LogP contribution is -2.46. The molecule has 34 heavy (non-hydrogen) atoms. The molecule has 2 aromatic carbocycles. The van der Waals surface area contributed by atoms with Gasteiger partial charge in [0.15, 0.2) is 5.16 Å². The number of carbonyl (C=O) groups excluding carboxylic acids is 1. The van der Waals surface area contributed by atoms with E-state index in [1.807, 2.05) is 18.2 Å². The van der Waals surface area contributed by atoms with E-state index in [0.29, 0.717) is 21.6 Å². The third-order valence-corrected chi connectivity index (χ3v) is 6.58. The van der Waals surface area contributed by atoms with E-state index < -0.39 is 0 Å². The zero-order valence-electron chi connectivity index (χ0n) is 19.0. The summed E-state index contributed by atoms with van der Waals surface area (Å²) in [6, 6.07) is 15.2. The van der Waals surface area contributed by atoms with E-state index in [1.54, 1.807) is 38.6 Å². The first-order valence-corrected chi connectivity index (χ1v) is 12.2. The van der Waals surface area contributed by atoms with Crippen LogP contribution in [0, 0.1) is 0 Å². The van der Waals surface area contributed by atoms with Crippen molar-refractivity contribution in [3.63, 3.8) is 0 Å². The molecule has 0 saturated carbocycles. The van der Waals surface area contributed by atoms with Crippen molar-refractivity contribution in [1.29, 1.82) is 0 Å². The summed E-state index contributed by atoms with van der Waals surface area (Å²) in [5.41, 5.74) is 1.80. The number of amides is 1. The predicted octanol–water partition coefficient (Wildman–Crippen LogP) is 4.20. The van der Waals surface area contributed by atoms with Gasteiger partial charge in [0, 0.05) is 43.8 Å². The summed E-state index contributed by atoms with van der Waals surface area (Å²) in [6.07, 6.45) is 1.74. The topological polar surface area (TPSA) is 79.8 Å². The zero-order chi connectivity index (χ0) is 23.9. The molecule has 1 aliphatic heterocycles. The van der Waals surface area contributed by atoms with Gasteiger partial charge in [-0.3, -0.25) is 4.79 Å². The molecule has 178 valence electrons. The van der Waals surface area contributed by atoms with E-state index in [0.717, 1.165) is 37.7 Å². The van der Waals surface area contributed by atoms with E-state index in [4.69, 9.17) is 21.1 Å². The molecule has 0 unspecified atom stereocenters. The number of anilines is 3. The van der Waals surface area contributed by atoms with E-state index in [2.05, 4.69) is 37.2 Å². The van der Waals surface area contributed by atoms with E-state index >= 15 is 0 Å². The van der Waals surface area contributed by atoms with Crippen LogP contribution in [-0.2, 0) is 4.79 Å². The van der Waals surface area contributed by atoms with Crippen molar-refractivity contribution in [3.05, 3.63) is 59.8 Å². The molecule has 0 spiro atoms. The quantitative estimate of drug-likeness (QED) is 0.365. The van der Waals surface area contributed by atoms with Crippen LogP contribution in [0.4, 0.5) is 17.2 Å². The van der Waals surface area contributed by atoms with Crippen molar-refractivity contribution in [3.8, 4) is 11.5 Å². The largest absolute Gasteiger partial charge is 0.497 e. The fraction of sp³-hybridized carbons (Fsp3) is 0.292. The van der Waals surface area contributed by atoms with Crippen molar-refractivity contribution in [2.75, 3.05) is 61.3 Å². The van der Waals surface area contributed by atoms with Gasteiger partial charge in [-0.15, -0.1) is 0 Å². The van der Waals surface area contributed by atoms with Crippen LogP contribution in [0.25, 0.3) is 0 Å². The normalized spacial score (nSPS) is 13.5. The summed E-state index contributed by atoms with van der Waals surface area (Å²) < 4.78 is 10.4. The minimum Gasteiger partial charge on any atom is -0.497 e. The highest BCUT2D eigenvalue weighted by Gasteiger charge is 2.19. The van der Waals surface area contributed by atoms with E-state index in [1.165, 1.54) is 17.4 Å². The molecule has 1 aliphatic rings. The molecular weight excluding hydrogens is 474 g/mol. The monoisotopic (exact) mass is 499 g/mol. The van der Waals surface area contributed by atoms with Crippen LogP contribution in [0.2, 0.25) is 5.02 Å². The van der Waals surface area contributed by atoms with Gasteiger partial charge >= 0.3 is 0 Å². The van der Waals surface area contributed by atoms with Gasteiger partial charge in [0.25, 0.3) is 0 Å². The number of halogens is 1. The highest BCUT2D eigenvalue weighted by Crippen LogP contribution is 2.27. The smallest absolute Gasteiger partial charge is 0.234 e. The van der Waals surface area contributed by atoms with Crippen LogP contribution in [0.3, 0.4) is 0 Å². The molecule has 1 saturated heterocycles. The number of nitrogens with zero attached hydrogens (tertiary/aromatic N) is 4. The SMILES string of the molecule is COc1ccc(N2CCN(c3ccnc(SCC(=O)Nc4ccc(OC)c(Cl)c4)n3)CC2)cc1.